The highest BCUT2D eigenvalue weighted by Crippen LogP contribution is 2.29. The van der Waals surface area contributed by atoms with Crippen molar-refractivity contribution in [3.63, 3.8) is 0 Å². The van der Waals surface area contributed by atoms with Crippen LogP contribution in [0.1, 0.15) is 44.5 Å². The highest BCUT2D eigenvalue weighted by atomic mass is 32.2. The van der Waals surface area contributed by atoms with Crippen molar-refractivity contribution in [3.8, 4) is 5.69 Å². The largest absolute Gasteiger partial charge is 0.325 e. The lowest BCUT2D eigenvalue weighted by atomic mass is 9.97. The van der Waals surface area contributed by atoms with Crippen LogP contribution in [0.3, 0.4) is 0 Å². The normalized spacial score (nSPS) is 13.1. The Balaban J connectivity index is 1.77. The zero-order valence-electron chi connectivity index (χ0n) is 16.7. The maximum Gasteiger partial charge on any atom is 0.237 e. The predicted molar refractivity (Wildman–Crippen MR) is 115 cm³/mol. The minimum atomic E-state index is -0.309. The summed E-state index contributed by atoms with van der Waals surface area (Å²) >= 11 is 1.41. The highest BCUT2D eigenvalue weighted by Gasteiger charge is 2.21. The van der Waals surface area contributed by atoms with E-state index in [9.17, 15) is 4.79 Å². The fourth-order valence-corrected chi connectivity index (χ4v) is 3.91. The topological polar surface area (TPSA) is 59.8 Å². The van der Waals surface area contributed by atoms with Gasteiger partial charge >= 0.3 is 0 Å². The van der Waals surface area contributed by atoms with Gasteiger partial charge in [0, 0.05) is 11.4 Å². The first-order chi connectivity index (χ1) is 13.5. The number of benzene rings is 2. The van der Waals surface area contributed by atoms with E-state index in [1.807, 2.05) is 66.9 Å². The van der Waals surface area contributed by atoms with Gasteiger partial charge in [0.05, 0.1) is 5.25 Å². The molecule has 28 heavy (non-hydrogen) atoms. The molecule has 0 saturated heterocycles. The number of anilines is 1. The van der Waals surface area contributed by atoms with Gasteiger partial charge in [0.1, 0.15) is 5.82 Å². The number of para-hydroxylation sites is 2. The molecule has 146 valence electrons. The molecule has 3 aromatic rings. The summed E-state index contributed by atoms with van der Waals surface area (Å²) < 4.78 is 1.97. The molecular formula is C22H26N4OS. The van der Waals surface area contributed by atoms with Crippen molar-refractivity contribution < 1.29 is 4.79 Å². The molecular weight excluding hydrogens is 368 g/mol. The highest BCUT2D eigenvalue weighted by molar-refractivity contribution is 8.00. The van der Waals surface area contributed by atoms with Crippen LogP contribution in [0.5, 0.6) is 0 Å². The summed E-state index contributed by atoms with van der Waals surface area (Å²) in [6.45, 7) is 8.14. The standard InChI is InChI=1S/C22H26N4OS/c1-5-15(2)19-13-9-10-14-20(19)23-21(27)16(3)28-22-25-24-17(4)26(22)18-11-7-6-8-12-18/h6-16H,5H2,1-4H3,(H,23,27)/t15-,16+/m1/s1. The van der Waals surface area contributed by atoms with E-state index in [-0.39, 0.29) is 11.2 Å². The second-order valence-corrected chi connectivity index (χ2v) is 8.15. The van der Waals surface area contributed by atoms with Crippen LogP contribution in [0.25, 0.3) is 5.69 Å². The molecule has 0 bridgehead atoms. The molecule has 0 aliphatic carbocycles. The summed E-state index contributed by atoms with van der Waals surface area (Å²) in [4.78, 5) is 12.8. The first-order valence-electron chi connectivity index (χ1n) is 9.55. The number of aromatic nitrogens is 3. The third kappa shape index (κ3) is 4.44. The van der Waals surface area contributed by atoms with E-state index >= 15 is 0 Å². The fourth-order valence-electron chi connectivity index (χ4n) is 3.00. The number of carbonyl (C=O) groups excluding carboxylic acids is 1. The molecule has 5 nitrogen and oxygen atoms in total. The van der Waals surface area contributed by atoms with E-state index in [1.54, 1.807) is 0 Å². The van der Waals surface area contributed by atoms with Crippen LogP contribution in [0.15, 0.2) is 59.8 Å². The smallest absolute Gasteiger partial charge is 0.237 e. The molecule has 1 amide bonds. The van der Waals surface area contributed by atoms with Crippen molar-refractivity contribution in [1.29, 1.82) is 0 Å². The summed E-state index contributed by atoms with van der Waals surface area (Å²) in [5, 5.41) is 12.0. The molecule has 0 fully saturated rings. The second-order valence-electron chi connectivity index (χ2n) is 6.85. The maximum atomic E-state index is 12.8. The van der Waals surface area contributed by atoms with Crippen LogP contribution in [0.4, 0.5) is 5.69 Å². The lowest BCUT2D eigenvalue weighted by Crippen LogP contribution is -2.23. The van der Waals surface area contributed by atoms with Crippen LogP contribution < -0.4 is 5.32 Å². The van der Waals surface area contributed by atoms with Crippen LogP contribution in [0.2, 0.25) is 0 Å². The number of carbonyl (C=O) groups is 1. The number of nitrogens with one attached hydrogen (secondary N) is 1. The summed E-state index contributed by atoms with van der Waals surface area (Å²) in [5.74, 6) is 1.15. The predicted octanol–water partition coefficient (Wildman–Crippen LogP) is 5.21. The average Bonchev–Trinajstić information content (AvgIpc) is 3.08. The second kappa shape index (κ2) is 9.06. The number of nitrogens with zero attached hydrogens (tertiary/aromatic N) is 3. The molecule has 0 aliphatic heterocycles. The van der Waals surface area contributed by atoms with Gasteiger partial charge in [-0.25, -0.2) is 0 Å². The Bertz CT molecular complexity index is 939. The molecule has 2 atom stereocenters. The third-order valence-electron chi connectivity index (χ3n) is 4.82. The number of hydrogen-bond donors (Lipinski definition) is 1. The quantitative estimate of drug-likeness (QED) is 0.559. The summed E-state index contributed by atoms with van der Waals surface area (Å²) in [7, 11) is 0. The van der Waals surface area contributed by atoms with Crippen molar-refractivity contribution >= 4 is 23.4 Å². The van der Waals surface area contributed by atoms with Gasteiger partial charge in [-0.15, -0.1) is 10.2 Å². The van der Waals surface area contributed by atoms with Gasteiger partial charge in [0.2, 0.25) is 5.91 Å². The SMILES string of the molecule is CC[C@@H](C)c1ccccc1NC(=O)[C@H](C)Sc1nnc(C)n1-c1ccccc1. The van der Waals surface area contributed by atoms with E-state index in [4.69, 9.17) is 0 Å². The Morgan fingerprint density at radius 1 is 1.07 bits per heavy atom. The summed E-state index contributed by atoms with van der Waals surface area (Å²) in [6, 6.07) is 18.0. The van der Waals surface area contributed by atoms with E-state index in [1.165, 1.54) is 17.3 Å². The molecule has 0 radical (unpaired) electrons. The fraction of sp³-hybridized carbons (Fsp3) is 0.318. The zero-order chi connectivity index (χ0) is 20.1. The molecule has 0 aliphatic rings. The molecule has 2 aromatic carbocycles. The molecule has 0 saturated carbocycles. The van der Waals surface area contributed by atoms with Crippen LogP contribution >= 0.6 is 11.8 Å². The van der Waals surface area contributed by atoms with Crippen LogP contribution in [0, 0.1) is 6.92 Å². The number of hydrogen-bond acceptors (Lipinski definition) is 4. The van der Waals surface area contributed by atoms with Gasteiger partial charge in [-0.1, -0.05) is 62.0 Å². The van der Waals surface area contributed by atoms with E-state index in [0.29, 0.717) is 11.1 Å². The minimum absolute atomic E-state index is 0.0407. The Kier molecular flexibility index (Phi) is 6.52. The van der Waals surface area contributed by atoms with Gasteiger partial charge in [-0.3, -0.25) is 9.36 Å². The average molecular weight is 395 g/mol. The zero-order valence-corrected chi connectivity index (χ0v) is 17.5. The molecule has 1 aromatic heterocycles. The van der Waals surface area contributed by atoms with Crippen molar-refractivity contribution in [1.82, 2.24) is 14.8 Å². The molecule has 3 rings (SSSR count). The van der Waals surface area contributed by atoms with Crippen molar-refractivity contribution in [3.05, 3.63) is 66.0 Å². The molecule has 6 heteroatoms. The molecule has 1 heterocycles. The number of thioether (sulfide) groups is 1. The van der Waals surface area contributed by atoms with Gasteiger partial charge in [-0.2, -0.15) is 0 Å². The first-order valence-corrected chi connectivity index (χ1v) is 10.4. The van der Waals surface area contributed by atoms with Gasteiger partial charge in [0.25, 0.3) is 0 Å². The van der Waals surface area contributed by atoms with Crippen molar-refractivity contribution in [2.45, 2.75) is 50.4 Å². The monoisotopic (exact) mass is 394 g/mol. The van der Waals surface area contributed by atoms with Crippen molar-refractivity contribution in [2.24, 2.45) is 0 Å². The third-order valence-corrected chi connectivity index (χ3v) is 5.87. The van der Waals surface area contributed by atoms with Crippen LogP contribution in [-0.2, 0) is 4.79 Å². The number of amides is 1. The van der Waals surface area contributed by atoms with E-state index in [0.717, 1.165) is 23.6 Å². The Morgan fingerprint density at radius 3 is 2.46 bits per heavy atom. The minimum Gasteiger partial charge on any atom is -0.325 e. The van der Waals surface area contributed by atoms with Crippen LogP contribution in [-0.4, -0.2) is 25.9 Å². The molecule has 0 spiro atoms. The van der Waals surface area contributed by atoms with Crippen molar-refractivity contribution in [2.75, 3.05) is 5.32 Å². The van der Waals surface area contributed by atoms with Gasteiger partial charge in [-0.05, 0) is 49.9 Å². The molecule has 0 unspecified atom stereocenters. The Morgan fingerprint density at radius 2 is 1.75 bits per heavy atom. The van der Waals surface area contributed by atoms with Gasteiger partial charge in [0.15, 0.2) is 5.16 Å². The van der Waals surface area contributed by atoms with E-state index < -0.39 is 0 Å². The lowest BCUT2D eigenvalue weighted by molar-refractivity contribution is -0.115. The number of rotatable bonds is 7. The van der Waals surface area contributed by atoms with E-state index in [2.05, 4.69) is 35.4 Å². The van der Waals surface area contributed by atoms with Gasteiger partial charge < -0.3 is 5.32 Å². The maximum absolute atomic E-state index is 12.8. The molecule has 1 N–H and O–H groups in total. The Hall–Kier alpha value is -2.60. The first kappa shape index (κ1) is 20.1. The number of aryl methyl sites for hydroxylation is 1. The lowest BCUT2D eigenvalue weighted by Gasteiger charge is -2.18. The summed E-state index contributed by atoms with van der Waals surface area (Å²) in [5.41, 5.74) is 3.04. The summed E-state index contributed by atoms with van der Waals surface area (Å²) in [6.07, 6.45) is 1.02. The Labute approximate surface area is 170 Å².